The molecule has 0 bridgehead atoms. The molecule has 0 amide bonds. The van der Waals surface area contributed by atoms with Gasteiger partial charge in [-0.1, -0.05) is 11.6 Å². The van der Waals surface area contributed by atoms with Crippen LogP contribution in [0.15, 0.2) is 18.2 Å². The molecule has 0 fully saturated rings. The van der Waals surface area contributed by atoms with Gasteiger partial charge in [-0.15, -0.1) is 0 Å². The predicted molar refractivity (Wildman–Crippen MR) is 74.5 cm³/mol. The van der Waals surface area contributed by atoms with Crippen LogP contribution in [0.4, 0.5) is 0 Å². The van der Waals surface area contributed by atoms with Crippen molar-refractivity contribution >= 4 is 28.6 Å². The standard InChI is InChI=1S/C14H15ClN2O2/c1-8-12(13(18)19-14(2,3)4)17-10-6-5-9(15)7-11(10)16-8/h5-7H,1-4H3. The number of aromatic nitrogens is 2. The van der Waals surface area contributed by atoms with Gasteiger partial charge in [0.25, 0.3) is 0 Å². The molecule has 0 atom stereocenters. The first-order valence-electron chi connectivity index (χ1n) is 5.93. The molecule has 1 heterocycles. The van der Waals surface area contributed by atoms with Gasteiger partial charge in [-0.05, 0) is 45.9 Å². The van der Waals surface area contributed by atoms with Crippen LogP contribution < -0.4 is 0 Å². The van der Waals surface area contributed by atoms with Gasteiger partial charge in [0.1, 0.15) is 5.60 Å². The summed E-state index contributed by atoms with van der Waals surface area (Å²) in [6.45, 7) is 7.17. The number of halogens is 1. The summed E-state index contributed by atoms with van der Waals surface area (Å²) in [4.78, 5) is 20.7. The molecule has 0 aliphatic carbocycles. The van der Waals surface area contributed by atoms with Gasteiger partial charge in [-0.25, -0.2) is 14.8 Å². The smallest absolute Gasteiger partial charge is 0.359 e. The molecule has 100 valence electrons. The van der Waals surface area contributed by atoms with Crippen LogP contribution in [-0.2, 0) is 4.74 Å². The van der Waals surface area contributed by atoms with Gasteiger partial charge in [0, 0.05) is 5.02 Å². The molecule has 0 unspecified atom stereocenters. The summed E-state index contributed by atoms with van der Waals surface area (Å²) in [5.74, 6) is -0.464. The van der Waals surface area contributed by atoms with E-state index >= 15 is 0 Å². The fourth-order valence-corrected chi connectivity index (χ4v) is 1.80. The monoisotopic (exact) mass is 278 g/mol. The summed E-state index contributed by atoms with van der Waals surface area (Å²) in [6.07, 6.45) is 0. The van der Waals surface area contributed by atoms with E-state index in [0.29, 0.717) is 21.7 Å². The second-order valence-corrected chi connectivity index (χ2v) is 5.73. The summed E-state index contributed by atoms with van der Waals surface area (Å²) >= 11 is 5.90. The van der Waals surface area contributed by atoms with E-state index in [-0.39, 0.29) is 5.69 Å². The van der Waals surface area contributed by atoms with Crippen molar-refractivity contribution in [1.82, 2.24) is 9.97 Å². The van der Waals surface area contributed by atoms with Crippen molar-refractivity contribution in [2.24, 2.45) is 0 Å². The van der Waals surface area contributed by atoms with E-state index in [2.05, 4.69) is 9.97 Å². The summed E-state index contributed by atoms with van der Waals surface area (Å²) in [5, 5.41) is 0.589. The summed E-state index contributed by atoms with van der Waals surface area (Å²) in [6, 6.07) is 5.17. The highest BCUT2D eigenvalue weighted by molar-refractivity contribution is 6.31. The number of fused-ring (bicyclic) bond motifs is 1. The fraction of sp³-hybridized carbons (Fsp3) is 0.357. The third-order valence-corrected chi connectivity index (χ3v) is 2.63. The molecule has 2 rings (SSSR count). The Kier molecular flexibility index (Phi) is 3.45. The first kappa shape index (κ1) is 13.7. The van der Waals surface area contributed by atoms with Crippen molar-refractivity contribution in [1.29, 1.82) is 0 Å². The number of aryl methyl sites for hydroxylation is 1. The van der Waals surface area contributed by atoms with Crippen LogP contribution in [0.2, 0.25) is 5.02 Å². The number of rotatable bonds is 1. The van der Waals surface area contributed by atoms with E-state index in [0.717, 1.165) is 0 Å². The minimum atomic E-state index is -0.555. The van der Waals surface area contributed by atoms with Gasteiger partial charge in [0.2, 0.25) is 0 Å². The Morgan fingerprint density at radius 2 is 1.89 bits per heavy atom. The highest BCUT2D eigenvalue weighted by Crippen LogP contribution is 2.19. The van der Waals surface area contributed by atoms with Crippen LogP contribution in [0.1, 0.15) is 37.0 Å². The molecule has 1 aromatic heterocycles. The SMILES string of the molecule is Cc1nc2cc(Cl)ccc2nc1C(=O)OC(C)(C)C. The number of carbonyl (C=O) groups is 1. The first-order valence-corrected chi connectivity index (χ1v) is 6.31. The number of ether oxygens (including phenoxy) is 1. The molecule has 0 radical (unpaired) electrons. The van der Waals surface area contributed by atoms with Gasteiger partial charge >= 0.3 is 5.97 Å². The fourth-order valence-electron chi connectivity index (χ4n) is 1.64. The Morgan fingerprint density at radius 3 is 2.53 bits per heavy atom. The van der Waals surface area contributed by atoms with Gasteiger partial charge in [0.05, 0.1) is 16.7 Å². The van der Waals surface area contributed by atoms with E-state index < -0.39 is 11.6 Å². The molecule has 0 aliphatic rings. The lowest BCUT2D eigenvalue weighted by molar-refractivity contribution is 0.00619. The second-order valence-electron chi connectivity index (χ2n) is 5.29. The Labute approximate surface area is 116 Å². The van der Waals surface area contributed by atoms with Crippen molar-refractivity contribution in [2.75, 3.05) is 0 Å². The Bertz CT molecular complexity index is 648. The summed E-state index contributed by atoms with van der Waals surface area (Å²) in [5.41, 5.74) is 1.50. The first-order chi connectivity index (χ1) is 8.76. The van der Waals surface area contributed by atoms with E-state index in [9.17, 15) is 4.79 Å². The molecule has 5 heteroatoms. The largest absolute Gasteiger partial charge is 0.455 e. The maximum Gasteiger partial charge on any atom is 0.359 e. The van der Waals surface area contributed by atoms with Gasteiger partial charge in [-0.2, -0.15) is 0 Å². The number of carbonyl (C=O) groups excluding carboxylic acids is 1. The van der Waals surface area contributed by atoms with Crippen LogP contribution in [0, 0.1) is 6.92 Å². The number of hydrogen-bond donors (Lipinski definition) is 0. The van der Waals surface area contributed by atoms with Gasteiger partial charge in [-0.3, -0.25) is 0 Å². The van der Waals surface area contributed by atoms with Crippen molar-refractivity contribution in [3.05, 3.63) is 34.6 Å². The van der Waals surface area contributed by atoms with Crippen LogP contribution in [0.25, 0.3) is 11.0 Å². The van der Waals surface area contributed by atoms with E-state index in [1.165, 1.54) is 0 Å². The molecule has 0 aliphatic heterocycles. The summed E-state index contributed by atoms with van der Waals surface area (Å²) < 4.78 is 5.31. The van der Waals surface area contributed by atoms with E-state index in [4.69, 9.17) is 16.3 Å². The third-order valence-electron chi connectivity index (χ3n) is 2.39. The van der Waals surface area contributed by atoms with Crippen LogP contribution in [-0.4, -0.2) is 21.5 Å². The molecule has 0 saturated heterocycles. The molecule has 0 spiro atoms. The average Bonchev–Trinajstić information content (AvgIpc) is 2.25. The van der Waals surface area contributed by atoms with Crippen LogP contribution in [0.5, 0.6) is 0 Å². The molecule has 4 nitrogen and oxygen atoms in total. The lowest BCUT2D eigenvalue weighted by Gasteiger charge is -2.19. The summed E-state index contributed by atoms with van der Waals surface area (Å²) in [7, 11) is 0. The highest BCUT2D eigenvalue weighted by atomic mass is 35.5. The van der Waals surface area contributed by atoms with E-state index in [1.54, 1.807) is 25.1 Å². The Balaban J connectivity index is 2.47. The zero-order valence-corrected chi connectivity index (χ0v) is 12.1. The zero-order chi connectivity index (χ0) is 14.2. The molecule has 0 saturated carbocycles. The minimum Gasteiger partial charge on any atom is -0.455 e. The zero-order valence-electron chi connectivity index (χ0n) is 11.3. The number of esters is 1. The molecular weight excluding hydrogens is 264 g/mol. The van der Waals surface area contributed by atoms with Gasteiger partial charge < -0.3 is 4.74 Å². The third kappa shape index (κ3) is 3.20. The van der Waals surface area contributed by atoms with Gasteiger partial charge in [0.15, 0.2) is 5.69 Å². The second kappa shape index (κ2) is 4.78. The Morgan fingerprint density at radius 1 is 1.21 bits per heavy atom. The lowest BCUT2D eigenvalue weighted by Crippen LogP contribution is -2.25. The number of benzene rings is 1. The number of hydrogen-bond acceptors (Lipinski definition) is 4. The van der Waals surface area contributed by atoms with Crippen LogP contribution in [0.3, 0.4) is 0 Å². The normalized spacial score (nSPS) is 11.6. The van der Waals surface area contributed by atoms with Crippen molar-refractivity contribution in [3.63, 3.8) is 0 Å². The predicted octanol–water partition coefficient (Wildman–Crippen LogP) is 3.55. The van der Waals surface area contributed by atoms with Crippen molar-refractivity contribution in [3.8, 4) is 0 Å². The quantitative estimate of drug-likeness (QED) is 0.749. The van der Waals surface area contributed by atoms with Crippen molar-refractivity contribution in [2.45, 2.75) is 33.3 Å². The molecular formula is C14H15ClN2O2. The minimum absolute atomic E-state index is 0.241. The van der Waals surface area contributed by atoms with Crippen LogP contribution >= 0.6 is 11.6 Å². The molecule has 1 aromatic carbocycles. The molecule has 0 N–H and O–H groups in total. The number of nitrogens with zero attached hydrogens (tertiary/aromatic N) is 2. The van der Waals surface area contributed by atoms with Crippen molar-refractivity contribution < 1.29 is 9.53 Å². The maximum absolute atomic E-state index is 12.0. The highest BCUT2D eigenvalue weighted by Gasteiger charge is 2.21. The lowest BCUT2D eigenvalue weighted by atomic mass is 10.2. The topological polar surface area (TPSA) is 52.1 Å². The van der Waals surface area contributed by atoms with E-state index in [1.807, 2.05) is 20.8 Å². The maximum atomic E-state index is 12.0. The molecule has 2 aromatic rings. The Hall–Kier alpha value is -1.68. The average molecular weight is 279 g/mol. The molecule has 19 heavy (non-hydrogen) atoms.